The van der Waals surface area contributed by atoms with Crippen molar-refractivity contribution in [2.45, 2.75) is 51.2 Å². The van der Waals surface area contributed by atoms with E-state index in [1.165, 1.54) is 19.3 Å². The number of amides is 2. The second kappa shape index (κ2) is 7.29. The van der Waals surface area contributed by atoms with Crippen molar-refractivity contribution in [3.63, 3.8) is 0 Å². The zero-order chi connectivity index (χ0) is 14.4. The second-order valence-corrected chi connectivity index (χ2v) is 5.66. The minimum Gasteiger partial charge on any atom is -0.335 e. The first-order valence-corrected chi connectivity index (χ1v) is 7.48. The number of carbonyl (C=O) groups is 1. The van der Waals surface area contributed by atoms with Gasteiger partial charge in [-0.2, -0.15) is 0 Å². The molecule has 3 N–H and O–H groups in total. The Morgan fingerprint density at radius 3 is 2.70 bits per heavy atom. The Balaban J connectivity index is 1.86. The average Bonchev–Trinajstić information content (AvgIpc) is 2.48. The van der Waals surface area contributed by atoms with E-state index in [1.54, 1.807) is 4.90 Å². The average molecular weight is 275 g/mol. The molecule has 1 aliphatic rings. The van der Waals surface area contributed by atoms with Gasteiger partial charge in [-0.05, 0) is 24.0 Å². The third kappa shape index (κ3) is 4.23. The summed E-state index contributed by atoms with van der Waals surface area (Å²) in [6, 6.07) is 8.47. The molecule has 0 aliphatic heterocycles. The van der Waals surface area contributed by atoms with Crippen molar-refractivity contribution >= 4 is 6.03 Å². The van der Waals surface area contributed by atoms with Crippen molar-refractivity contribution in [3.05, 3.63) is 35.4 Å². The first-order valence-electron chi connectivity index (χ1n) is 7.48. The molecule has 4 heteroatoms. The maximum Gasteiger partial charge on any atom is 0.317 e. The van der Waals surface area contributed by atoms with Crippen LogP contribution in [0.15, 0.2) is 24.3 Å². The van der Waals surface area contributed by atoms with Gasteiger partial charge in [0.25, 0.3) is 0 Å². The summed E-state index contributed by atoms with van der Waals surface area (Å²) >= 11 is 0. The summed E-state index contributed by atoms with van der Waals surface area (Å²) in [4.78, 5) is 13.9. The fraction of sp³-hybridized carbons (Fsp3) is 0.562. The number of urea groups is 1. The van der Waals surface area contributed by atoms with Gasteiger partial charge in [0.15, 0.2) is 0 Å². The molecule has 1 aromatic carbocycles. The molecule has 20 heavy (non-hydrogen) atoms. The van der Waals surface area contributed by atoms with Gasteiger partial charge in [-0.25, -0.2) is 4.79 Å². The molecule has 1 aromatic rings. The number of rotatable bonds is 4. The van der Waals surface area contributed by atoms with Crippen molar-refractivity contribution in [1.29, 1.82) is 0 Å². The summed E-state index contributed by atoms with van der Waals surface area (Å²) in [5, 5.41) is 3.13. The van der Waals surface area contributed by atoms with Crippen LogP contribution in [0.3, 0.4) is 0 Å². The molecule has 110 valence electrons. The lowest BCUT2D eigenvalue weighted by molar-refractivity contribution is 0.198. The molecular formula is C16H25N3O. The van der Waals surface area contributed by atoms with Crippen LogP contribution in [0.5, 0.6) is 0 Å². The lowest BCUT2D eigenvalue weighted by Gasteiger charge is -2.26. The van der Waals surface area contributed by atoms with Gasteiger partial charge in [0.05, 0.1) is 0 Å². The van der Waals surface area contributed by atoms with Crippen LogP contribution in [0.2, 0.25) is 0 Å². The largest absolute Gasteiger partial charge is 0.335 e. The number of nitrogens with one attached hydrogen (secondary N) is 1. The number of hydrogen-bond donors (Lipinski definition) is 2. The fourth-order valence-electron chi connectivity index (χ4n) is 2.73. The highest BCUT2D eigenvalue weighted by molar-refractivity contribution is 5.74. The molecule has 4 nitrogen and oxygen atoms in total. The van der Waals surface area contributed by atoms with Gasteiger partial charge >= 0.3 is 6.03 Å². The lowest BCUT2D eigenvalue weighted by atomic mass is 9.96. The van der Waals surface area contributed by atoms with E-state index in [4.69, 9.17) is 5.73 Å². The van der Waals surface area contributed by atoms with E-state index >= 15 is 0 Å². The summed E-state index contributed by atoms with van der Waals surface area (Å²) in [5.74, 6) is 0. The monoisotopic (exact) mass is 275 g/mol. The van der Waals surface area contributed by atoms with Crippen LogP contribution in [0.25, 0.3) is 0 Å². The summed E-state index contributed by atoms with van der Waals surface area (Å²) in [5.41, 5.74) is 7.86. The van der Waals surface area contributed by atoms with Crippen molar-refractivity contribution in [1.82, 2.24) is 10.2 Å². The smallest absolute Gasteiger partial charge is 0.317 e. The van der Waals surface area contributed by atoms with Gasteiger partial charge in [0.2, 0.25) is 0 Å². The number of carbonyl (C=O) groups excluding carboxylic acids is 1. The number of nitrogens with zero attached hydrogens (tertiary/aromatic N) is 1. The SMILES string of the molecule is CN(Cc1cccc(CN)c1)C(=O)NC1CCCCC1. The van der Waals surface area contributed by atoms with Gasteiger partial charge in [-0.3, -0.25) is 0 Å². The summed E-state index contributed by atoms with van der Waals surface area (Å²) in [6.45, 7) is 1.15. The zero-order valence-corrected chi connectivity index (χ0v) is 12.3. The minimum atomic E-state index is 0.0232. The van der Waals surface area contributed by atoms with E-state index in [1.807, 2.05) is 25.2 Å². The van der Waals surface area contributed by atoms with Crippen molar-refractivity contribution in [2.75, 3.05) is 7.05 Å². The molecule has 0 saturated heterocycles. The van der Waals surface area contributed by atoms with Gasteiger partial charge < -0.3 is 16.0 Å². The maximum atomic E-state index is 12.2. The van der Waals surface area contributed by atoms with Crippen molar-refractivity contribution in [2.24, 2.45) is 5.73 Å². The highest BCUT2D eigenvalue weighted by Crippen LogP contribution is 2.17. The fourth-order valence-corrected chi connectivity index (χ4v) is 2.73. The van der Waals surface area contributed by atoms with Crippen molar-refractivity contribution < 1.29 is 4.79 Å². The van der Waals surface area contributed by atoms with E-state index in [0.717, 1.165) is 24.0 Å². The summed E-state index contributed by atoms with van der Waals surface area (Å²) in [6.07, 6.45) is 5.99. The van der Waals surface area contributed by atoms with Crippen LogP contribution in [0.1, 0.15) is 43.2 Å². The third-order valence-electron chi connectivity index (χ3n) is 3.93. The molecule has 0 aromatic heterocycles. The Hall–Kier alpha value is -1.55. The first kappa shape index (κ1) is 14.9. The summed E-state index contributed by atoms with van der Waals surface area (Å²) < 4.78 is 0. The Morgan fingerprint density at radius 2 is 2.00 bits per heavy atom. The minimum absolute atomic E-state index is 0.0232. The van der Waals surface area contributed by atoms with Crippen LogP contribution < -0.4 is 11.1 Å². The van der Waals surface area contributed by atoms with Crippen LogP contribution in [-0.2, 0) is 13.1 Å². The molecule has 1 saturated carbocycles. The molecule has 1 fully saturated rings. The zero-order valence-electron chi connectivity index (χ0n) is 12.3. The lowest BCUT2D eigenvalue weighted by Crippen LogP contribution is -2.43. The highest BCUT2D eigenvalue weighted by Gasteiger charge is 2.17. The Labute approximate surface area is 121 Å². The van der Waals surface area contributed by atoms with Gasteiger partial charge in [-0.1, -0.05) is 43.5 Å². The van der Waals surface area contributed by atoms with E-state index in [9.17, 15) is 4.79 Å². The molecule has 0 radical (unpaired) electrons. The van der Waals surface area contributed by atoms with E-state index in [0.29, 0.717) is 19.1 Å². The summed E-state index contributed by atoms with van der Waals surface area (Å²) in [7, 11) is 1.84. The topological polar surface area (TPSA) is 58.4 Å². The Kier molecular flexibility index (Phi) is 5.41. The van der Waals surface area contributed by atoms with E-state index in [2.05, 4.69) is 11.4 Å². The van der Waals surface area contributed by atoms with Gasteiger partial charge in [0, 0.05) is 26.2 Å². The number of nitrogens with two attached hydrogens (primary N) is 1. The van der Waals surface area contributed by atoms with Crippen molar-refractivity contribution in [3.8, 4) is 0 Å². The number of hydrogen-bond acceptors (Lipinski definition) is 2. The molecule has 0 atom stereocenters. The normalized spacial score (nSPS) is 15.9. The van der Waals surface area contributed by atoms with Crippen LogP contribution in [0, 0.1) is 0 Å². The number of benzene rings is 1. The Bertz CT molecular complexity index is 441. The third-order valence-corrected chi connectivity index (χ3v) is 3.93. The first-order chi connectivity index (χ1) is 9.69. The maximum absolute atomic E-state index is 12.2. The molecule has 0 spiro atoms. The highest BCUT2D eigenvalue weighted by atomic mass is 16.2. The van der Waals surface area contributed by atoms with Crippen LogP contribution in [-0.4, -0.2) is 24.0 Å². The molecule has 2 rings (SSSR count). The Morgan fingerprint density at radius 1 is 1.30 bits per heavy atom. The quantitative estimate of drug-likeness (QED) is 0.887. The predicted octanol–water partition coefficient (Wildman–Crippen LogP) is 2.62. The molecule has 1 aliphatic carbocycles. The van der Waals surface area contributed by atoms with Gasteiger partial charge in [-0.15, -0.1) is 0 Å². The second-order valence-electron chi connectivity index (χ2n) is 5.66. The van der Waals surface area contributed by atoms with Crippen LogP contribution in [0.4, 0.5) is 4.79 Å². The van der Waals surface area contributed by atoms with Gasteiger partial charge in [0.1, 0.15) is 0 Å². The van der Waals surface area contributed by atoms with Crippen LogP contribution >= 0.6 is 0 Å². The molecule has 0 heterocycles. The molecular weight excluding hydrogens is 250 g/mol. The molecule has 0 bridgehead atoms. The van der Waals surface area contributed by atoms with E-state index in [-0.39, 0.29) is 6.03 Å². The molecule has 0 unspecified atom stereocenters. The van der Waals surface area contributed by atoms with E-state index < -0.39 is 0 Å². The predicted molar refractivity (Wildman–Crippen MR) is 81.2 cm³/mol. The standard InChI is InChI=1S/C16H25N3O/c1-19(12-14-7-5-6-13(10-14)11-17)16(20)18-15-8-3-2-4-9-15/h5-7,10,15H,2-4,8-9,11-12,17H2,1H3,(H,18,20). The molecule has 2 amide bonds.